The molecule has 1 saturated heterocycles. The molecule has 1 amide bonds. The van der Waals surface area contributed by atoms with E-state index in [4.69, 9.17) is 11.6 Å². The topological polar surface area (TPSA) is 63.2 Å². The van der Waals surface area contributed by atoms with E-state index in [1.807, 2.05) is 19.9 Å². The van der Waals surface area contributed by atoms with Crippen LogP contribution in [0.1, 0.15) is 17.5 Å². The molecule has 4 nitrogen and oxygen atoms in total. The van der Waals surface area contributed by atoms with Crippen molar-refractivity contribution in [3.63, 3.8) is 0 Å². The Morgan fingerprint density at radius 3 is 2.58 bits per heavy atom. The molecule has 0 aliphatic carbocycles. The molecule has 1 aliphatic heterocycles. The van der Waals surface area contributed by atoms with Crippen LogP contribution in [0, 0.1) is 19.8 Å². The molecule has 6 heteroatoms. The van der Waals surface area contributed by atoms with Crippen LogP contribution in [0.25, 0.3) is 0 Å². The molecule has 19 heavy (non-hydrogen) atoms. The van der Waals surface area contributed by atoms with Gasteiger partial charge in [-0.15, -0.1) is 0 Å². The average molecular weight is 302 g/mol. The van der Waals surface area contributed by atoms with Gasteiger partial charge in [-0.3, -0.25) is 4.79 Å². The van der Waals surface area contributed by atoms with Crippen molar-refractivity contribution in [3.8, 4) is 0 Å². The average Bonchev–Trinajstić information content (AvgIpc) is 2.64. The molecule has 0 radical (unpaired) electrons. The van der Waals surface area contributed by atoms with E-state index in [9.17, 15) is 13.2 Å². The van der Waals surface area contributed by atoms with Crippen molar-refractivity contribution in [1.29, 1.82) is 0 Å². The summed E-state index contributed by atoms with van der Waals surface area (Å²) in [5, 5.41) is 3.23. The van der Waals surface area contributed by atoms with Gasteiger partial charge in [-0.2, -0.15) is 0 Å². The first-order chi connectivity index (χ1) is 8.78. The molecule has 0 saturated carbocycles. The molecule has 1 fully saturated rings. The lowest BCUT2D eigenvalue weighted by Gasteiger charge is -2.14. The van der Waals surface area contributed by atoms with Crippen molar-refractivity contribution in [1.82, 2.24) is 0 Å². The summed E-state index contributed by atoms with van der Waals surface area (Å²) >= 11 is 6.11. The van der Waals surface area contributed by atoms with Crippen LogP contribution in [0.15, 0.2) is 12.1 Å². The monoisotopic (exact) mass is 301 g/mol. The highest BCUT2D eigenvalue weighted by Crippen LogP contribution is 2.29. The van der Waals surface area contributed by atoms with Gasteiger partial charge in [-0.25, -0.2) is 8.42 Å². The third-order valence-corrected chi connectivity index (χ3v) is 5.35. The van der Waals surface area contributed by atoms with Gasteiger partial charge in [0.1, 0.15) is 0 Å². The van der Waals surface area contributed by atoms with Gasteiger partial charge in [0.2, 0.25) is 5.91 Å². The van der Waals surface area contributed by atoms with Crippen LogP contribution in [-0.4, -0.2) is 25.8 Å². The maximum atomic E-state index is 12.1. The molecule has 1 atom stereocenters. The number of carbonyl (C=O) groups excluding carboxylic acids is 1. The molecule has 1 N–H and O–H groups in total. The number of hydrogen-bond donors (Lipinski definition) is 1. The van der Waals surface area contributed by atoms with Crippen molar-refractivity contribution in [2.24, 2.45) is 5.92 Å². The van der Waals surface area contributed by atoms with Gasteiger partial charge in [0.15, 0.2) is 9.84 Å². The Bertz CT molecular complexity index is 602. The van der Waals surface area contributed by atoms with Gasteiger partial charge in [0.25, 0.3) is 0 Å². The molecule has 0 bridgehead atoms. The smallest absolute Gasteiger partial charge is 0.228 e. The fourth-order valence-electron chi connectivity index (χ4n) is 2.30. The molecule has 0 aromatic heterocycles. The predicted molar refractivity (Wildman–Crippen MR) is 76.3 cm³/mol. The molecule has 0 unspecified atom stereocenters. The Hall–Kier alpha value is -1.07. The minimum atomic E-state index is -3.05. The lowest BCUT2D eigenvalue weighted by atomic mass is 10.1. The molecule has 1 aromatic carbocycles. The Labute approximate surface area is 118 Å². The normalized spacial score (nSPS) is 21.3. The molecular weight excluding hydrogens is 286 g/mol. The number of nitrogens with one attached hydrogen (secondary N) is 1. The highest BCUT2D eigenvalue weighted by molar-refractivity contribution is 7.91. The number of halogens is 1. The number of amides is 1. The number of benzene rings is 1. The molecule has 1 aliphatic rings. The maximum absolute atomic E-state index is 12.1. The minimum Gasteiger partial charge on any atom is -0.324 e. The number of sulfone groups is 1. The summed E-state index contributed by atoms with van der Waals surface area (Å²) in [6.07, 6.45) is 0.386. The lowest BCUT2D eigenvalue weighted by molar-refractivity contribution is -0.119. The number of anilines is 1. The Kier molecular flexibility index (Phi) is 3.87. The van der Waals surface area contributed by atoms with Crippen LogP contribution in [0.4, 0.5) is 5.69 Å². The van der Waals surface area contributed by atoms with E-state index < -0.39 is 15.8 Å². The maximum Gasteiger partial charge on any atom is 0.228 e. The summed E-state index contributed by atoms with van der Waals surface area (Å²) in [5.41, 5.74) is 2.46. The second kappa shape index (κ2) is 5.13. The van der Waals surface area contributed by atoms with Gasteiger partial charge in [0, 0.05) is 0 Å². The van der Waals surface area contributed by atoms with E-state index in [0.29, 0.717) is 17.1 Å². The van der Waals surface area contributed by atoms with E-state index >= 15 is 0 Å². The van der Waals surface area contributed by atoms with Crippen molar-refractivity contribution >= 4 is 33.0 Å². The zero-order valence-electron chi connectivity index (χ0n) is 10.9. The molecular formula is C13H16ClNO3S. The number of carbonyl (C=O) groups is 1. The SMILES string of the molecule is Cc1cc(C)c(NC(=O)[C@@H]2CCS(=O)(=O)C2)c(Cl)c1. The first kappa shape index (κ1) is 14.3. The van der Waals surface area contributed by atoms with Crippen molar-refractivity contribution < 1.29 is 13.2 Å². The molecule has 2 rings (SSSR count). The number of hydrogen-bond acceptors (Lipinski definition) is 3. The van der Waals surface area contributed by atoms with E-state index in [-0.39, 0.29) is 17.4 Å². The van der Waals surface area contributed by atoms with Gasteiger partial charge < -0.3 is 5.32 Å². The zero-order chi connectivity index (χ0) is 14.2. The number of aryl methyl sites for hydroxylation is 2. The Morgan fingerprint density at radius 1 is 1.37 bits per heavy atom. The quantitative estimate of drug-likeness (QED) is 0.912. The molecule has 1 aromatic rings. The van der Waals surface area contributed by atoms with Crippen molar-refractivity contribution in [3.05, 3.63) is 28.3 Å². The van der Waals surface area contributed by atoms with Gasteiger partial charge in [-0.1, -0.05) is 17.7 Å². The highest BCUT2D eigenvalue weighted by Gasteiger charge is 2.33. The van der Waals surface area contributed by atoms with E-state index in [1.54, 1.807) is 6.07 Å². The fraction of sp³-hybridized carbons (Fsp3) is 0.462. The lowest BCUT2D eigenvalue weighted by Crippen LogP contribution is -2.24. The van der Waals surface area contributed by atoms with Crippen LogP contribution < -0.4 is 5.32 Å². The van der Waals surface area contributed by atoms with E-state index in [2.05, 4.69) is 5.32 Å². The largest absolute Gasteiger partial charge is 0.324 e. The second-order valence-corrected chi connectivity index (χ2v) is 7.66. The Morgan fingerprint density at radius 2 is 2.05 bits per heavy atom. The summed E-state index contributed by atoms with van der Waals surface area (Å²) in [5.74, 6) is -0.718. The standard InChI is InChI=1S/C13H16ClNO3S/c1-8-5-9(2)12(11(14)6-8)15-13(16)10-3-4-19(17,18)7-10/h5-6,10H,3-4,7H2,1-2H3,(H,15,16)/t10-/m1/s1. The second-order valence-electron chi connectivity index (χ2n) is 5.03. The third kappa shape index (κ3) is 3.28. The van der Waals surface area contributed by atoms with Crippen molar-refractivity contribution in [2.75, 3.05) is 16.8 Å². The van der Waals surface area contributed by atoms with Crippen LogP contribution in [-0.2, 0) is 14.6 Å². The van der Waals surface area contributed by atoms with Gasteiger partial charge >= 0.3 is 0 Å². The molecule has 0 spiro atoms. The summed E-state index contributed by atoms with van der Waals surface area (Å²) in [7, 11) is -3.05. The summed E-state index contributed by atoms with van der Waals surface area (Å²) in [6, 6.07) is 3.70. The summed E-state index contributed by atoms with van der Waals surface area (Å²) < 4.78 is 22.7. The zero-order valence-corrected chi connectivity index (χ0v) is 12.4. The Balaban J connectivity index is 2.16. The van der Waals surface area contributed by atoms with Crippen LogP contribution in [0.3, 0.4) is 0 Å². The molecule has 104 valence electrons. The first-order valence-corrected chi connectivity index (χ1v) is 8.26. The van der Waals surface area contributed by atoms with Crippen LogP contribution >= 0.6 is 11.6 Å². The van der Waals surface area contributed by atoms with Crippen LogP contribution in [0.5, 0.6) is 0 Å². The van der Waals surface area contributed by atoms with Crippen LogP contribution in [0.2, 0.25) is 5.02 Å². The highest BCUT2D eigenvalue weighted by atomic mass is 35.5. The predicted octanol–water partition coefficient (Wildman–Crippen LogP) is 2.33. The molecule has 1 heterocycles. The van der Waals surface area contributed by atoms with Gasteiger partial charge in [-0.05, 0) is 37.5 Å². The number of rotatable bonds is 2. The van der Waals surface area contributed by atoms with Gasteiger partial charge in [0.05, 0.1) is 28.1 Å². The minimum absolute atomic E-state index is 0.0681. The third-order valence-electron chi connectivity index (χ3n) is 3.28. The first-order valence-electron chi connectivity index (χ1n) is 6.06. The fourth-order valence-corrected chi connectivity index (χ4v) is 4.41. The van der Waals surface area contributed by atoms with E-state index in [0.717, 1.165) is 11.1 Å². The van der Waals surface area contributed by atoms with E-state index in [1.165, 1.54) is 0 Å². The summed E-state index contributed by atoms with van der Waals surface area (Å²) in [6.45, 7) is 3.79. The van der Waals surface area contributed by atoms with Crippen molar-refractivity contribution in [2.45, 2.75) is 20.3 Å². The summed E-state index contributed by atoms with van der Waals surface area (Å²) in [4.78, 5) is 12.1.